The van der Waals surface area contributed by atoms with Gasteiger partial charge in [-0.25, -0.2) is 4.68 Å². The Hall–Kier alpha value is -2.34. The SMILES string of the molecule is NC(=O)C1CCCN(c2cnn(Cc3ccccc3)c(=O)c2Cl)C1. The number of nitrogens with zero attached hydrogens (tertiary/aromatic N) is 3. The molecule has 7 heteroatoms. The van der Waals surface area contributed by atoms with E-state index in [0.717, 1.165) is 24.9 Å². The molecule has 0 saturated carbocycles. The summed E-state index contributed by atoms with van der Waals surface area (Å²) >= 11 is 6.29. The highest BCUT2D eigenvalue weighted by Gasteiger charge is 2.26. The smallest absolute Gasteiger partial charge is 0.287 e. The Morgan fingerprint density at radius 1 is 1.33 bits per heavy atom. The molecule has 1 aromatic carbocycles. The van der Waals surface area contributed by atoms with Crippen LogP contribution in [0.5, 0.6) is 0 Å². The highest BCUT2D eigenvalue weighted by Crippen LogP contribution is 2.26. The van der Waals surface area contributed by atoms with Crippen molar-refractivity contribution in [2.45, 2.75) is 19.4 Å². The van der Waals surface area contributed by atoms with E-state index in [1.165, 1.54) is 4.68 Å². The van der Waals surface area contributed by atoms with Gasteiger partial charge in [-0.3, -0.25) is 9.59 Å². The molecular formula is C17H19ClN4O2. The van der Waals surface area contributed by atoms with E-state index in [2.05, 4.69) is 5.10 Å². The van der Waals surface area contributed by atoms with Gasteiger partial charge in [-0.1, -0.05) is 41.9 Å². The summed E-state index contributed by atoms with van der Waals surface area (Å²) in [6.07, 6.45) is 3.19. The fraction of sp³-hybridized carbons (Fsp3) is 0.353. The van der Waals surface area contributed by atoms with Crippen LogP contribution in [0.3, 0.4) is 0 Å². The lowest BCUT2D eigenvalue weighted by atomic mass is 9.97. The van der Waals surface area contributed by atoms with E-state index in [1.54, 1.807) is 6.20 Å². The molecule has 24 heavy (non-hydrogen) atoms. The third-order valence-corrected chi connectivity index (χ3v) is 4.66. The molecule has 1 fully saturated rings. The van der Waals surface area contributed by atoms with Crippen molar-refractivity contribution in [3.05, 3.63) is 57.5 Å². The minimum absolute atomic E-state index is 0.131. The van der Waals surface area contributed by atoms with Crippen LogP contribution in [-0.4, -0.2) is 28.8 Å². The number of nitrogens with two attached hydrogens (primary N) is 1. The zero-order chi connectivity index (χ0) is 17.1. The molecule has 2 heterocycles. The van der Waals surface area contributed by atoms with Crippen molar-refractivity contribution < 1.29 is 4.79 Å². The molecule has 1 atom stereocenters. The lowest BCUT2D eigenvalue weighted by Crippen LogP contribution is -2.42. The minimum Gasteiger partial charge on any atom is -0.369 e. The summed E-state index contributed by atoms with van der Waals surface area (Å²) in [5.41, 5.74) is 6.61. The summed E-state index contributed by atoms with van der Waals surface area (Å²) in [7, 11) is 0. The molecule has 1 saturated heterocycles. The molecule has 0 radical (unpaired) electrons. The Balaban J connectivity index is 1.85. The molecule has 0 spiro atoms. The number of halogens is 1. The predicted molar refractivity (Wildman–Crippen MR) is 93.2 cm³/mol. The van der Waals surface area contributed by atoms with Crippen LogP contribution in [0.1, 0.15) is 18.4 Å². The number of primary amides is 1. The number of aromatic nitrogens is 2. The molecule has 2 aromatic rings. The first-order valence-corrected chi connectivity index (χ1v) is 8.28. The monoisotopic (exact) mass is 346 g/mol. The maximum absolute atomic E-state index is 12.5. The van der Waals surface area contributed by atoms with Crippen LogP contribution >= 0.6 is 11.6 Å². The van der Waals surface area contributed by atoms with E-state index in [4.69, 9.17) is 17.3 Å². The molecule has 1 aromatic heterocycles. The average Bonchev–Trinajstić information content (AvgIpc) is 2.60. The third-order valence-electron chi connectivity index (χ3n) is 4.31. The van der Waals surface area contributed by atoms with Crippen molar-refractivity contribution in [1.82, 2.24) is 9.78 Å². The fourth-order valence-corrected chi connectivity index (χ4v) is 3.24. The summed E-state index contributed by atoms with van der Waals surface area (Å²) < 4.78 is 1.34. The first kappa shape index (κ1) is 16.5. The number of anilines is 1. The highest BCUT2D eigenvalue weighted by molar-refractivity contribution is 6.33. The lowest BCUT2D eigenvalue weighted by molar-refractivity contribution is -0.122. The predicted octanol–water partition coefficient (Wildman–Crippen LogP) is 1.65. The van der Waals surface area contributed by atoms with Gasteiger partial charge in [-0.15, -0.1) is 0 Å². The van der Waals surface area contributed by atoms with Gasteiger partial charge >= 0.3 is 0 Å². The second-order valence-electron chi connectivity index (χ2n) is 5.98. The third kappa shape index (κ3) is 3.43. The summed E-state index contributed by atoms with van der Waals surface area (Å²) in [6.45, 7) is 1.57. The maximum Gasteiger partial charge on any atom is 0.287 e. The van der Waals surface area contributed by atoms with Crippen molar-refractivity contribution >= 4 is 23.2 Å². The van der Waals surface area contributed by atoms with Crippen molar-refractivity contribution in [2.24, 2.45) is 11.7 Å². The zero-order valence-corrected chi connectivity index (χ0v) is 13.9. The van der Waals surface area contributed by atoms with Crippen molar-refractivity contribution in [3.8, 4) is 0 Å². The van der Waals surface area contributed by atoms with Crippen molar-refractivity contribution in [3.63, 3.8) is 0 Å². The quantitative estimate of drug-likeness (QED) is 0.912. The largest absolute Gasteiger partial charge is 0.369 e. The topological polar surface area (TPSA) is 81.2 Å². The summed E-state index contributed by atoms with van der Waals surface area (Å²) in [5, 5.41) is 4.37. The van der Waals surface area contributed by atoms with Gasteiger partial charge < -0.3 is 10.6 Å². The second-order valence-corrected chi connectivity index (χ2v) is 6.36. The van der Waals surface area contributed by atoms with Crippen molar-refractivity contribution in [1.29, 1.82) is 0 Å². The van der Waals surface area contributed by atoms with Gasteiger partial charge in [0.2, 0.25) is 5.91 Å². The van der Waals surface area contributed by atoms with Gasteiger partial charge in [0.25, 0.3) is 5.56 Å². The van der Waals surface area contributed by atoms with Gasteiger partial charge in [0.1, 0.15) is 5.02 Å². The van der Waals surface area contributed by atoms with Crippen LogP contribution in [0, 0.1) is 5.92 Å². The summed E-state index contributed by atoms with van der Waals surface area (Å²) in [6, 6.07) is 9.60. The van der Waals surface area contributed by atoms with E-state index >= 15 is 0 Å². The minimum atomic E-state index is -0.334. The van der Waals surface area contributed by atoms with Crippen molar-refractivity contribution in [2.75, 3.05) is 18.0 Å². The fourth-order valence-electron chi connectivity index (χ4n) is 2.97. The Labute approximate surface area is 144 Å². The van der Waals surface area contributed by atoms with Gasteiger partial charge in [0.15, 0.2) is 0 Å². The number of piperidine rings is 1. The number of amides is 1. The molecule has 1 amide bonds. The molecule has 1 aliphatic heterocycles. The summed E-state index contributed by atoms with van der Waals surface area (Å²) in [5.74, 6) is -0.539. The Kier molecular flexibility index (Phi) is 4.85. The number of benzene rings is 1. The number of hydrogen-bond acceptors (Lipinski definition) is 4. The van der Waals surface area contributed by atoms with E-state index in [9.17, 15) is 9.59 Å². The molecule has 1 unspecified atom stereocenters. The van der Waals surface area contributed by atoms with E-state index < -0.39 is 0 Å². The highest BCUT2D eigenvalue weighted by atomic mass is 35.5. The van der Waals surface area contributed by atoms with E-state index in [0.29, 0.717) is 18.8 Å². The first-order chi connectivity index (χ1) is 11.6. The van der Waals surface area contributed by atoms with E-state index in [-0.39, 0.29) is 22.4 Å². The van der Waals surface area contributed by atoms with Crippen LogP contribution in [0.4, 0.5) is 5.69 Å². The van der Waals surface area contributed by atoms with Crippen LogP contribution in [-0.2, 0) is 11.3 Å². The second kappa shape index (κ2) is 7.05. The van der Waals surface area contributed by atoms with Crippen LogP contribution in [0.25, 0.3) is 0 Å². The Bertz CT molecular complexity index is 791. The summed E-state index contributed by atoms with van der Waals surface area (Å²) in [4.78, 5) is 25.8. The lowest BCUT2D eigenvalue weighted by Gasteiger charge is -2.33. The maximum atomic E-state index is 12.5. The molecular weight excluding hydrogens is 328 g/mol. The molecule has 0 bridgehead atoms. The van der Waals surface area contributed by atoms with Crippen LogP contribution < -0.4 is 16.2 Å². The number of carbonyl (C=O) groups is 1. The van der Waals surface area contributed by atoms with E-state index in [1.807, 2.05) is 35.2 Å². The normalized spacial score (nSPS) is 17.7. The molecule has 2 N–H and O–H groups in total. The molecule has 3 rings (SSSR count). The number of hydrogen-bond donors (Lipinski definition) is 1. The van der Waals surface area contributed by atoms with Gasteiger partial charge in [0.05, 0.1) is 24.3 Å². The molecule has 126 valence electrons. The number of rotatable bonds is 4. The van der Waals surface area contributed by atoms with Crippen LogP contribution in [0.2, 0.25) is 5.02 Å². The van der Waals surface area contributed by atoms with Gasteiger partial charge in [0, 0.05) is 13.1 Å². The molecule has 0 aliphatic carbocycles. The van der Waals surface area contributed by atoms with Gasteiger partial charge in [-0.2, -0.15) is 5.10 Å². The molecule has 1 aliphatic rings. The Morgan fingerprint density at radius 2 is 2.08 bits per heavy atom. The standard InChI is InChI=1S/C17H19ClN4O2/c18-15-14(21-8-4-7-13(11-21)16(19)23)9-20-22(17(15)24)10-12-5-2-1-3-6-12/h1-3,5-6,9,13H,4,7-8,10-11H2,(H2,19,23). The average molecular weight is 347 g/mol. The zero-order valence-electron chi connectivity index (χ0n) is 13.2. The van der Waals surface area contributed by atoms with Gasteiger partial charge in [-0.05, 0) is 18.4 Å². The first-order valence-electron chi connectivity index (χ1n) is 7.90. The van der Waals surface area contributed by atoms with Crippen LogP contribution in [0.15, 0.2) is 41.3 Å². The number of carbonyl (C=O) groups excluding carboxylic acids is 1. The Morgan fingerprint density at radius 3 is 2.79 bits per heavy atom. The molecule has 6 nitrogen and oxygen atoms in total.